The van der Waals surface area contributed by atoms with E-state index in [2.05, 4.69) is 20.5 Å². The first-order valence-corrected chi connectivity index (χ1v) is 11.4. The van der Waals surface area contributed by atoms with E-state index in [0.717, 1.165) is 45.1 Å². The summed E-state index contributed by atoms with van der Waals surface area (Å²) in [6.07, 6.45) is -2.61. The van der Waals surface area contributed by atoms with E-state index in [1.807, 2.05) is 55.5 Å². The van der Waals surface area contributed by atoms with Gasteiger partial charge in [-0.25, -0.2) is 4.98 Å². The van der Waals surface area contributed by atoms with E-state index in [9.17, 15) is 13.2 Å². The lowest BCUT2D eigenvalue weighted by atomic mass is 9.97. The standard InChI is InChI=1S/C26H20ClF3N4O/c1-2-35-19-9-7-17-11-20(25(27)32-21(17)12-19)23-13-22(33-34-23)16-5-3-15(4-6-16)18-8-10-24(31-14-18)26(28,29)30/h3-12,14,23,34H,2,13H2,1H3. The molecule has 0 radical (unpaired) electrons. The van der Waals surface area contributed by atoms with E-state index in [0.29, 0.717) is 23.7 Å². The maximum absolute atomic E-state index is 12.7. The van der Waals surface area contributed by atoms with E-state index < -0.39 is 11.9 Å². The van der Waals surface area contributed by atoms with Crippen molar-refractivity contribution in [2.45, 2.75) is 25.6 Å². The Labute approximate surface area is 204 Å². The van der Waals surface area contributed by atoms with Crippen molar-refractivity contribution in [1.29, 1.82) is 0 Å². The van der Waals surface area contributed by atoms with Gasteiger partial charge in [-0.05, 0) is 42.3 Å². The van der Waals surface area contributed by atoms with Gasteiger partial charge in [-0.2, -0.15) is 18.3 Å². The number of ether oxygens (including phenoxy) is 1. The third kappa shape index (κ3) is 4.79. The first-order chi connectivity index (χ1) is 16.8. The van der Waals surface area contributed by atoms with Gasteiger partial charge in [0.15, 0.2) is 0 Å². The Balaban J connectivity index is 1.31. The average Bonchev–Trinajstić information content (AvgIpc) is 3.33. The molecule has 0 aliphatic carbocycles. The van der Waals surface area contributed by atoms with Crippen LogP contribution in [0.1, 0.15) is 36.2 Å². The van der Waals surface area contributed by atoms with Crippen molar-refractivity contribution in [3.8, 4) is 16.9 Å². The van der Waals surface area contributed by atoms with Gasteiger partial charge in [-0.1, -0.05) is 41.9 Å². The van der Waals surface area contributed by atoms with Crippen LogP contribution in [0.5, 0.6) is 5.75 Å². The lowest BCUT2D eigenvalue weighted by molar-refractivity contribution is -0.141. The minimum absolute atomic E-state index is 0.125. The summed E-state index contributed by atoms with van der Waals surface area (Å²) in [7, 11) is 0. The number of aromatic nitrogens is 2. The van der Waals surface area contributed by atoms with Crippen LogP contribution in [0, 0.1) is 0 Å². The SMILES string of the molecule is CCOc1ccc2cc(C3CC(c4ccc(-c5ccc(C(F)(F)F)nc5)cc4)=NN3)c(Cl)nc2c1. The zero-order valence-corrected chi connectivity index (χ0v) is 19.4. The molecule has 178 valence electrons. The summed E-state index contributed by atoms with van der Waals surface area (Å²) in [5.74, 6) is 0.747. The van der Waals surface area contributed by atoms with Crippen molar-refractivity contribution in [2.24, 2.45) is 5.10 Å². The van der Waals surface area contributed by atoms with E-state index >= 15 is 0 Å². The zero-order valence-electron chi connectivity index (χ0n) is 18.6. The number of hydrazone groups is 1. The average molecular weight is 497 g/mol. The molecule has 0 saturated heterocycles. The number of hydrogen-bond acceptors (Lipinski definition) is 5. The van der Waals surface area contributed by atoms with E-state index in [1.165, 1.54) is 12.3 Å². The van der Waals surface area contributed by atoms with Crippen LogP contribution in [0.3, 0.4) is 0 Å². The van der Waals surface area contributed by atoms with Crippen molar-refractivity contribution in [2.75, 3.05) is 6.61 Å². The highest BCUT2D eigenvalue weighted by atomic mass is 35.5. The van der Waals surface area contributed by atoms with Gasteiger partial charge < -0.3 is 10.2 Å². The number of fused-ring (bicyclic) bond motifs is 1. The Morgan fingerprint density at radius 1 is 1.00 bits per heavy atom. The second-order valence-electron chi connectivity index (χ2n) is 8.11. The lowest BCUT2D eigenvalue weighted by Crippen LogP contribution is -2.11. The minimum atomic E-state index is -4.46. The molecule has 1 atom stereocenters. The van der Waals surface area contributed by atoms with Gasteiger partial charge in [0.2, 0.25) is 0 Å². The predicted molar refractivity (Wildman–Crippen MR) is 130 cm³/mol. The summed E-state index contributed by atoms with van der Waals surface area (Å²) in [4.78, 5) is 8.07. The van der Waals surface area contributed by atoms with Gasteiger partial charge in [-0.3, -0.25) is 4.98 Å². The molecule has 9 heteroatoms. The van der Waals surface area contributed by atoms with Gasteiger partial charge in [-0.15, -0.1) is 0 Å². The fraction of sp³-hybridized carbons (Fsp3) is 0.192. The molecule has 5 nitrogen and oxygen atoms in total. The van der Waals surface area contributed by atoms with Crippen molar-refractivity contribution in [1.82, 2.24) is 15.4 Å². The quantitative estimate of drug-likeness (QED) is 0.308. The molecule has 5 rings (SSSR count). The molecule has 4 aromatic rings. The first-order valence-electron chi connectivity index (χ1n) is 11.0. The smallest absolute Gasteiger partial charge is 0.433 e. The summed E-state index contributed by atoms with van der Waals surface area (Å²) in [5, 5.41) is 5.85. The van der Waals surface area contributed by atoms with Crippen LogP contribution in [0.15, 0.2) is 72.0 Å². The van der Waals surface area contributed by atoms with E-state index in [4.69, 9.17) is 16.3 Å². The molecule has 0 fully saturated rings. The highest BCUT2D eigenvalue weighted by Crippen LogP contribution is 2.33. The van der Waals surface area contributed by atoms with Crippen molar-refractivity contribution >= 4 is 28.2 Å². The zero-order chi connectivity index (χ0) is 24.6. The maximum atomic E-state index is 12.7. The Hall–Kier alpha value is -3.65. The van der Waals surface area contributed by atoms with Crippen LogP contribution in [0.4, 0.5) is 13.2 Å². The molecule has 1 aliphatic heterocycles. The monoisotopic (exact) mass is 496 g/mol. The normalized spacial score (nSPS) is 15.7. The fourth-order valence-electron chi connectivity index (χ4n) is 4.03. The van der Waals surface area contributed by atoms with E-state index in [1.54, 1.807) is 0 Å². The highest BCUT2D eigenvalue weighted by molar-refractivity contribution is 6.30. The molecule has 0 bridgehead atoms. The molecule has 0 amide bonds. The number of nitrogens with one attached hydrogen (secondary N) is 1. The summed E-state index contributed by atoms with van der Waals surface area (Å²) < 4.78 is 43.8. The molecule has 2 aromatic carbocycles. The fourth-order valence-corrected chi connectivity index (χ4v) is 4.31. The summed E-state index contributed by atoms with van der Waals surface area (Å²) in [6, 6.07) is 17.5. The van der Waals surface area contributed by atoms with Crippen molar-refractivity contribution in [3.63, 3.8) is 0 Å². The van der Waals surface area contributed by atoms with Crippen LogP contribution < -0.4 is 10.2 Å². The van der Waals surface area contributed by atoms with Crippen molar-refractivity contribution in [3.05, 3.63) is 88.8 Å². The van der Waals surface area contributed by atoms with Crippen LogP contribution in [0.2, 0.25) is 5.15 Å². The number of nitrogens with zero attached hydrogens (tertiary/aromatic N) is 3. The number of pyridine rings is 2. The first kappa shape index (κ1) is 23.1. The molecule has 35 heavy (non-hydrogen) atoms. The number of benzene rings is 2. The molecule has 1 aliphatic rings. The molecule has 0 saturated carbocycles. The predicted octanol–water partition coefficient (Wildman–Crippen LogP) is 6.81. The van der Waals surface area contributed by atoms with Gasteiger partial charge in [0.05, 0.1) is 23.9 Å². The number of hydrogen-bond donors (Lipinski definition) is 1. The van der Waals surface area contributed by atoms with Crippen LogP contribution in [-0.4, -0.2) is 22.3 Å². The minimum Gasteiger partial charge on any atom is -0.494 e. The highest BCUT2D eigenvalue weighted by Gasteiger charge is 2.32. The molecular formula is C26H20ClF3N4O. The molecule has 1 N–H and O–H groups in total. The molecule has 2 aromatic heterocycles. The summed E-state index contributed by atoms with van der Waals surface area (Å²) >= 11 is 6.52. The van der Waals surface area contributed by atoms with E-state index in [-0.39, 0.29) is 6.04 Å². The maximum Gasteiger partial charge on any atom is 0.433 e. The number of halogens is 4. The summed E-state index contributed by atoms with van der Waals surface area (Å²) in [6.45, 7) is 2.50. The molecular weight excluding hydrogens is 477 g/mol. The van der Waals surface area contributed by atoms with Crippen LogP contribution >= 0.6 is 11.6 Å². The number of alkyl halides is 3. The molecule has 1 unspecified atom stereocenters. The van der Waals surface area contributed by atoms with Crippen LogP contribution in [-0.2, 0) is 6.18 Å². The summed E-state index contributed by atoms with van der Waals surface area (Å²) in [5.41, 5.74) is 7.00. The van der Waals surface area contributed by atoms with Gasteiger partial charge in [0, 0.05) is 35.2 Å². The third-order valence-electron chi connectivity index (χ3n) is 5.81. The topological polar surface area (TPSA) is 59.4 Å². The number of rotatable bonds is 5. The Bertz CT molecular complexity index is 1400. The lowest BCUT2D eigenvalue weighted by Gasteiger charge is -2.13. The van der Waals surface area contributed by atoms with Gasteiger partial charge in [0.1, 0.15) is 16.6 Å². The Kier molecular flexibility index (Phi) is 6.06. The second-order valence-corrected chi connectivity index (χ2v) is 8.47. The second kappa shape index (κ2) is 9.19. The molecule has 3 heterocycles. The molecule has 0 spiro atoms. The van der Waals surface area contributed by atoms with Gasteiger partial charge in [0.25, 0.3) is 0 Å². The van der Waals surface area contributed by atoms with Crippen LogP contribution in [0.25, 0.3) is 22.0 Å². The Morgan fingerprint density at radius 3 is 2.43 bits per heavy atom. The Morgan fingerprint density at radius 2 is 1.74 bits per heavy atom. The third-order valence-corrected chi connectivity index (χ3v) is 6.12. The van der Waals surface area contributed by atoms with Crippen molar-refractivity contribution < 1.29 is 17.9 Å². The largest absolute Gasteiger partial charge is 0.494 e. The van der Waals surface area contributed by atoms with Gasteiger partial charge >= 0.3 is 6.18 Å².